The Morgan fingerprint density at radius 2 is 1.37 bits per heavy atom. The van der Waals surface area contributed by atoms with Gasteiger partial charge in [0.2, 0.25) is 0 Å². The van der Waals surface area contributed by atoms with Gasteiger partial charge in [0.05, 0.1) is 17.3 Å². The highest BCUT2D eigenvalue weighted by Gasteiger charge is 2.49. The lowest BCUT2D eigenvalue weighted by atomic mass is 9.69. The first-order chi connectivity index (χ1) is 13.3. The molecule has 3 heteroatoms. The lowest BCUT2D eigenvalue weighted by molar-refractivity contribution is -0.117. The van der Waals surface area contributed by atoms with Crippen LogP contribution in [0.2, 0.25) is 0 Å². The second-order valence-electron chi connectivity index (χ2n) is 6.54. The average molecular weight is 350 g/mol. The minimum absolute atomic E-state index is 0.0341. The summed E-state index contributed by atoms with van der Waals surface area (Å²) in [7, 11) is 0. The predicted molar refractivity (Wildman–Crippen MR) is 106 cm³/mol. The van der Waals surface area contributed by atoms with Gasteiger partial charge in [-0.25, -0.2) is 0 Å². The van der Waals surface area contributed by atoms with E-state index in [0.717, 1.165) is 16.8 Å². The Balaban J connectivity index is 1.89. The first-order valence-electron chi connectivity index (χ1n) is 8.86. The zero-order valence-corrected chi connectivity index (χ0v) is 14.7. The number of allylic oxidation sites excluding steroid dienone is 1. The normalized spacial score (nSPS) is 17.4. The van der Waals surface area contributed by atoms with E-state index in [2.05, 4.69) is 11.4 Å². The number of carbonyl (C=O) groups is 1. The minimum atomic E-state index is -0.870. The topological polar surface area (TPSA) is 52.9 Å². The van der Waals surface area contributed by atoms with Crippen LogP contribution in [0, 0.1) is 11.3 Å². The van der Waals surface area contributed by atoms with E-state index in [0.29, 0.717) is 5.56 Å². The summed E-state index contributed by atoms with van der Waals surface area (Å²) in [6.07, 6.45) is 3.54. The highest BCUT2D eigenvalue weighted by molar-refractivity contribution is 6.06. The van der Waals surface area contributed by atoms with Crippen LogP contribution in [-0.4, -0.2) is 11.8 Å². The molecule has 3 nitrogen and oxygen atoms in total. The largest absolute Gasteiger partial charge is 0.376 e. The molecule has 3 aromatic carbocycles. The molecule has 0 bridgehead atoms. The number of para-hydroxylation sites is 1. The number of nitrogens with one attached hydrogen (secondary N) is 1. The van der Waals surface area contributed by atoms with Gasteiger partial charge in [-0.3, -0.25) is 4.79 Å². The van der Waals surface area contributed by atoms with Gasteiger partial charge in [0.1, 0.15) is 11.5 Å². The molecule has 0 aliphatic heterocycles. The predicted octanol–water partition coefficient (Wildman–Crippen LogP) is 4.46. The molecule has 0 fully saturated rings. The SMILES string of the molecule is N#Cc1ccccc1N[C@@H]1C=CC(=O)C1(c1ccccc1)c1ccccc1. The number of benzene rings is 3. The molecule has 1 atom stereocenters. The van der Waals surface area contributed by atoms with Gasteiger partial charge in [-0.1, -0.05) is 78.9 Å². The Hall–Kier alpha value is -3.64. The molecule has 27 heavy (non-hydrogen) atoms. The standard InChI is InChI=1S/C24H18N2O/c25-17-18-9-7-8-14-21(18)26-22-15-16-23(27)24(22,19-10-3-1-4-11-19)20-12-5-2-6-13-20/h1-16,22,26H/t22-/m1/s1. The molecule has 0 amide bonds. The minimum Gasteiger partial charge on any atom is -0.376 e. The van der Waals surface area contributed by atoms with Gasteiger partial charge in [-0.05, 0) is 29.3 Å². The van der Waals surface area contributed by atoms with Crippen LogP contribution < -0.4 is 5.32 Å². The van der Waals surface area contributed by atoms with Crippen LogP contribution in [0.15, 0.2) is 97.1 Å². The molecule has 0 saturated heterocycles. The maximum absolute atomic E-state index is 13.3. The maximum Gasteiger partial charge on any atom is 0.172 e. The average Bonchev–Trinajstić information content (AvgIpc) is 3.06. The molecule has 130 valence electrons. The number of carbonyl (C=O) groups excluding carboxylic acids is 1. The van der Waals surface area contributed by atoms with Gasteiger partial charge in [-0.15, -0.1) is 0 Å². The number of anilines is 1. The Kier molecular flexibility index (Phi) is 4.32. The van der Waals surface area contributed by atoms with Gasteiger partial charge in [0, 0.05) is 0 Å². The summed E-state index contributed by atoms with van der Waals surface area (Å²) in [5, 5.41) is 12.9. The molecule has 0 radical (unpaired) electrons. The smallest absolute Gasteiger partial charge is 0.172 e. The van der Waals surface area contributed by atoms with E-state index in [1.807, 2.05) is 84.9 Å². The summed E-state index contributed by atoms with van der Waals surface area (Å²) >= 11 is 0. The summed E-state index contributed by atoms with van der Waals surface area (Å²) in [6.45, 7) is 0. The highest BCUT2D eigenvalue weighted by atomic mass is 16.1. The van der Waals surface area contributed by atoms with Crippen molar-refractivity contribution >= 4 is 11.5 Å². The number of nitriles is 1. The number of hydrogen-bond donors (Lipinski definition) is 1. The van der Waals surface area contributed by atoms with Gasteiger partial charge < -0.3 is 5.32 Å². The molecule has 1 aliphatic rings. The van der Waals surface area contributed by atoms with E-state index in [1.165, 1.54) is 0 Å². The van der Waals surface area contributed by atoms with Crippen LogP contribution in [0.25, 0.3) is 0 Å². The van der Waals surface area contributed by atoms with Crippen LogP contribution >= 0.6 is 0 Å². The third-order valence-electron chi connectivity index (χ3n) is 5.11. The molecule has 0 saturated carbocycles. The summed E-state index contributed by atoms with van der Waals surface area (Å²) < 4.78 is 0. The van der Waals surface area contributed by atoms with Crippen molar-refractivity contribution in [2.45, 2.75) is 11.5 Å². The van der Waals surface area contributed by atoms with Crippen molar-refractivity contribution in [1.29, 1.82) is 5.26 Å². The Labute approximate surface area is 158 Å². The lowest BCUT2D eigenvalue weighted by Gasteiger charge is -2.36. The molecule has 0 heterocycles. The number of hydrogen-bond acceptors (Lipinski definition) is 3. The van der Waals surface area contributed by atoms with E-state index in [1.54, 1.807) is 12.1 Å². The quantitative estimate of drug-likeness (QED) is 0.755. The molecule has 0 unspecified atom stereocenters. The van der Waals surface area contributed by atoms with Crippen molar-refractivity contribution < 1.29 is 4.79 Å². The molecule has 1 aliphatic carbocycles. The van der Waals surface area contributed by atoms with E-state index in [9.17, 15) is 10.1 Å². The fourth-order valence-corrected chi connectivity index (χ4v) is 3.86. The van der Waals surface area contributed by atoms with Crippen molar-refractivity contribution in [2.75, 3.05) is 5.32 Å². The van der Waals surface area contributed by atoms with E-state index < -0.39 is 5.41 Å². The molecular formula is C24H18N2O. The summed E-state index contributed by atoms with van der Waals surface area (Å²) in [5.41, 5.74) is 2.27. The van der Waals surface area contributed by atoms with Crippen LogP contribution in [0.3, 0.4) is 0 Å². The first kappa shape index (κ1) is 16.8. The Morgan fingerprint density at radius 3 is 1.96 bits per heavy atom. The summed E-state index contributed by atoms with van der Waals surface area (Å²) in [4.78, 5) is 13.3. The molecule has 1 N–H and O–H groups in total. The third-order valence-corrected chi connectivity index (χ3v) is 5.11. The van der Waals surface area contributed by atoms with E-state index in [4.69, 9.17) is 0 Å². The second-order valence-corrected chi connectivity index (χ2v) is 6.54. The van der Waals surface area contributed by atoms with E-state index in [-0.39, 0.29) is 11.8 Å². The van der Waals surface area contributed by atoms with Gasteiger partial charge in [-0.2, -0.15) is 5.26 Å². The fraction of sp³-hybridized carbons (Fsp3) is 0.0833. The summed E-state index contributed by atoms with van der Waals surface area (Å²) in [6, 6.07) is 28.9. The van der Waals surface area contributed by atoms with Crippen molar-refractivity contribution in [3.63, 3.8) is 0 Å². The van der Waals surface area contributed by atoms with Crippen molar-refractivity contribution in [3.05, 3.63) is 114 Å². The Morgan fingerprint density at radius 1 is 0.815 bits per heavy atom. The molecule has 3 aromatic rings. The maximum atomic E-state index is 13.3. The first-order valence-corrected chi connectivity index (χ1v) is 8.86. The molecular weight excluding hydrogens is 332 g/mol. The zero-order chi connectivity index (χ0) is 18.7. The number of rotatable bonds is 4. The Bertz CT molecular complexity index is 993. The molecule has 4 rings (SSSR count). The third kappa shape index (κ3) is 2.72. The zero-order valence-electron chi connectivity index (χ0n) is 14.7. The molecule has 0 aromatic heterocycles. The van der Waals surface area contributed by atoms with Crippen LogP contribution in [0.5, 0.6) is 0 Å². The van der Waals surface area contributed by atoms with E-state index >= 15 is 0 Å². The van der Waals surface area contributed by atoms with Crippen LogP contribution in [-0.2, 0) is 10.2 Å². The van der Waals surface area contributed by atoms with Crippen molar-refractivity contribution in [2.24, 2.45) is 0 Å². The van der Waals surface area contributed by atoms with Crippen LogP contribution in [0.4, 0.5) is 5.69 Å². The van der Waals surface area contributed by atoms with Gasteiger partial charge in [0.15, 0.2) is 5.78 Å². The number of nitrogens with zero attached hydrogens (tertiary/aromatic N) is 1. The van der Waals surface area contributed by atoms with Crippen molar-refractivity contribution in [1.82, 2.24) is 0 Å². The summed E-state index contributed by atoms with van der Waals surface area (Å²) in [5.74, 6) is 0.0341. The van der Waals surface area contributed by atoms with Gasteiger partial charge in [0.25, 0.3) is 0 Å². The lowest BCUT2D eigenvalue weighted by Crippen LogP contribution is -2.46. The number of ketones is 1. The molecule has 0 spiro atoms. The second kappa shape index (κ2) is 6.93. The van der Waals surface area contributed by atoms with Crippen molar-refractivity contribution in [3.8, 4) is 6.07 Å². The van der Waals surface area contributed by atoms with Crippen LogP contribution in [0.1, 0.15) is 16.7 Å². The highest BCUT2D eigenvalue weighted by Crippen LogP contribution is 2.42. The fourth-order valence-electron chi connectivity index (χ4n) is 3.86. The monoisotopic (exact) mass is 350 g/mol. The van der Waals surface area contributed by atoms with Gasteiger partial charge >= 0.3 is 0 Å².